The van der Waals surface area contributed by atoms with E-state index < -0.39 is 8.07 Å². The van der Waals surface area contributed by atoms with E-state index in [1.54, 1.807) is 11.8 Å². The SMILES string of the molecule is C[Si](C)(C)CCOCn1cnc2c1-c1cc(Cl)ccc1Sc1ccccc1-2. The first kappa shape index (κ1) is 18.8. The lowest BCUT2D eigenvalue weighted by Gasteiger charge is -2.16. The van der Waals surface area contributed by atoms with Gasteiger partial charge in [-0.15, -0.1) is 0 Å². The molecule has 1 aliphatic heterocycles. The van der Waals surface area contributed by atoms with Gasteiger partial charge in [-0.3, -0.25) is 0 Å². The summed E-state index contributed by atoms with van der Waals surface area (Å²) in [5.41, 5.74) is 4.35. The van der Waals surface area contributed by atoms with Crippen LogP contribution in [0.4, 0.5) is 0 Å². The molecule has 0 radical (unpaired) electrons. The maximum atomic E-state index is 6.34. The van der Waals surface area contributed by atoms with Crippen LogP contribution in [0.2, 0.25) is 30.7 Å². The van der Waals surface area contributed by atoms with Gasteiger partial charge in [-0.2, -0.15) is 0 Å². The molecule has 0 saturated heterocycles. The van der Waals surface area contributed by atoms with Gasteiger partial charge in [0.1, 0.15) is 6.73 Å². The van der Waals surface area contributed by atoms with Crippen LogP contribution in [0.1, 0.15) is 0 Å². The van der Waals surface area contributed by atoms with Crippen LogP contribution in [0, 0.1) is 0 Å². The Morgan fingerprint density at radius 3 is 2.67 bits per heavy atom. The Balaban J connectivity index is 1.74. The maximum absolute atomic E-state index is 6.34. The summed E-state index contributed by atoms with van der Waals surface area (Å²) in [6.45, 7) is 8.39. The Morgan fingerprint density at radius 1 is 1.07 bits per heavy atom. The number of ether oxygens (including phenoxy) is 1. The standard InChI is InChI=1S/C21H23ClN2OSSi/c1-27(2,3)11-10-25-14-24-13-23-20-16-6-4-5-7-18(16)26-19-9-8-15(22)12-17(19)21(20)24/h4-9,12-13H,10-11,14H2,1-3H3. The predicted molar refractivity (Wildman–Crippen MR) is 116 cm³/mol. The minimum absolute atomic E-state index is 0.506. The fraction of sp³-hybridized carbons (Fsp3) is 0.286. The molecule has 6 heteroatoms. The maximum Gasteiger partial charge on any atom is 0.124 e. The van der Waals surface area contributed by atoms with Gasteiger partial charge in [0.05, 0.1) is 17.7 Å². The molecule has 0 aliphatic carbocycles. The number of fused-ring (bicyclic) bond motifs is 5. The summed E-state index contributed by atoms with van der Waals surface area (Å²) in [5.74, 6) is 0. The molecule has 140 valence electrons. The van der Waals surface area contributed by atoms with Crippen molar-refractivity contribution in [2.75, 3.05) is 6.61 Å². The van der Waals surface area contributed by atoms with Crippen molar-refractivity contribution < 1.29 is 4.74 Å². The largest absolute Gasteiger partial charge is 0.361 e. The van der Waals surface area contributed by atoms with Crippen LogP contribution in [0.25, 0.3) is 22.5 Å². The molecule has 0 spiro atoms. The van der Waals surface area contributed by atoms with Gasteiger partial charge >= 0.3 is 0 Å². The molecule has 0 atom stereocenters. The van der Waals surface area contributed by atoms with E-state index in [-0.39, 0.29) is 0 Å². The Hall–Kier alpha value is -1.53. The second-order valence-electron chi connectivity index (χ2n) is 8.00. The number of nitrogens with zero attached hydrogens (tertiary/aromatic N) is 2. The van der Waals surface area contributed by atoms with E-state index in [0.717, 1.165) is 40.2 Å². The number of halogens is 1. The Bertz CT molecular complexity index is 981. The average molecular weight is 415 g/mol. The zero-order valence-corrected chi connectivity index (χ0v) is 18.4. The third kappa shape index (κ3) is 4.01. The Kier molecular flexibility index (Phi) is 5.21. The van der Waals surface area contributed by atoms with Crippen LogP contribution >= 0.6 is 23.4 Å². The van der Waals surface area contributed by atoms with E-state index in [2.05, 4.69) is 54.5 Å². The first-order valence-electron chi connectivity index (χ1n) is 9.12. The summed E-state index contributed by atoms with van der Waals surface area (Å²) in [5, 5.41) is 0.735. The van der Waals surface area contributed by atoms with Crippen molar-refractivity contribution in [1.29, 1.82) is 0 Å². The average Bonchev–Trinajstić information content (AvgIpc) is 2.97. The zero-order valence-electron chi connectivity index (χ0n) is 15.8. The minimum Gasteiger partial charge on any atom is -0.361 e. The van der Waals surface area contributed by atoms with Gasteiger partial charge in [0.15, 0.2) is 0 Å². The highest BCUT2D eigenvalue weighted by molar-refractivity contribution is 7.99. The van der Waals surface area contributed by atoms with Gasteiger partial charge in [-0.1, -0.05) is 61.2 Å². The Labute approximate surface area is 170 Å². The quantitative estimate of drug-likeness (QED) is 0.270. The topological polar surface area (TPSA) is 27.1 Å². The smallest absolute Gasteiger partial charge is 0.124 e. The molecule has 0 N–H and O–H groups in total. The molecule has 1 aliphatic rings. The van der Waals surface area contributed by atoms with E-state index in [1.165, 1.54) is 9.79 Å². The highest BCUT2D eigenvalue weighted by Crippen LogP contribution is 2.47. The third-order valence-electron chi connectivity index (χ3n) is 4.62. The van der Waals surface area contributed by atoms with Crippen molar-refractivity contribution in [3.8, 4) is 22.5 Å². The first-order valence-corrected chi connectivity index (χ1v) is 14.0. The van der Waals surface area contributed by atoms with Crippen LogP contribution < -0.4 is 0 Å². The number of hydrogen-bond acceptors (Lipinski definition) is 3. The monoisotopic (exact) mass is 414 g/mol. The van der Waals surface area contributed by atoms with Gasteiger partial charge in [-0.25, -0.2) is 4.98 Å². The summed E-state index contributed by atoms with van der Waals surface area (Å²) in [7, 11) is -1.10. The van der Waals surface area contributed by atoms with Crippen LogP contribution in [-0.2, 0) is 11.5 Å². The van der Waals surface area contributed by atoms with Crippen molar-refractivity contribution in [3.05, 3.63) is 53.8 Å². The molecule has 4 rings (SSSR count). The van der Waals surface area contributed by atoms with Crippen molar-refractivity contribution >= 4 is 31.4 Å². The Morgan fingerprint density at radius 2 is 1.85 bits per heavy atom. The van der Waals surface area contributed by atoms with Crippen molar-refractivity contribution in [2.24, 2.45) is 0 Å². The lowest BCUT2D eigenvalue weighted by molar-refractivity contribution is 0.0882. The minimum atomic E-state index is -1.10. The predicted octanol–water partition coefficient (Wildman–Crippen LogP) is 6.65. The van der Waals surface area contributed by atoms with Gasteiger partial charge in [-0.05, 0) is 30.3 Å². The molecular weight excluding hydrogens is 392 g/mol. The van der Waals surface area contributed by atoms with Gasteiger partial charge in [0.2, 0.25) is 0 Å². The van der Waals surface area contributed by atoms with Crippen LogP contribution in [0.3, 0.4) is 0 Å². The third-order valence-corrected chi connectivity index (χ3v) is 7.71. The van der Waals surface area contributed by atoms with Crippen LogP contribution in [-0.4, -0.2) is 24.2 Å². The van der Waals surface area contributed by atoms with E-state index in [1.807, 2.05) is 18.5 Å². The van der Waals surface area contributed by atoms with Crippen LogP contribution in [0.15, 0.2) is 58.6 Å². The zero-order chi connectivity index (χ0) is 19.0. The second kappa shape index (κ2) is 7.47. The molecule has 0 unspecified atom stereocenters. The number of benzene rings is 2. The molecule has 3 nitrogen and oxygen atoms in total. The highest BCUT2D eigenvalue weighted by atomic mass is 35.5. The van der Waals surface area contributed by atoms with E-state index in [4.69, 9.17) is 21.3 Å². The van der Waals surface area contributed by atoms with Gasteiger partial charge < -0.3 is 9.30 Å². The molecule has 0 fully saturated rings. The van der Waals surface area contributed by atoms with Crippen molar-refractivity contribution in [1.82, 2.24) is 9.55 Å². The van der Waals surface area contributed by atoms with Crippen molar-refractivity contribution in [2.45, 2.75) is 42.2 Å². The lowest BCUT2D eigenvalue weighted by atomic mass is 10.0. The fourth-order valence-corrected chi connectivity index (χ4v) is 5.14. The van der Waals surface area contributed by atoms with E-state index in [0.29, 0.717) is 6.73 Å². The number of aromatic nitrogens is 2. The summed E-state index contributed by atoms with van der Waals surface area (Å²) < 4.78 is 8.12. The van der Waals surface area contributed by atoms with Gasteiger partial charge in [0.25, 0.3) is 0 Å². The molecule has 3 aromatic rings. The van der Waals surface area contributed by atoms with Gasteiger partial charge in [0, 0.05) is 40.6 Å². The number of rotatable bonds is 5. The molecule has 0 saturated carbocycles. The molecular formula is C21H23ClN2OSSi. The summed E-state index contributed by atoms with van der Waals surface area (Å²) in [6, 6.07) is 15.7. The lowest BCUT2D eigenvalue weighted by Crippen LogP contribution is -2.22. The molecule has 2 aromatic carbocycles. The summed E-state index contributed by atoms with van der Waals surface area (Å²) in [6.07, 6.45) is 1.89. The fourth-order valence-electron chi connectivity index (χ4n) is 3.15. The van der Waals surface area contributed by atoms with Crippen LogP contribution in [0.5, 0.6) is 0 Å². The number of imidazole rings is 1. The van der Waals surface area contributed by atoms with Crippen molar-refractivity contribution in [3.63, 3.8) is 0 Å². The van der Waals surface area contributed by atoms with E-state index >= 15 is 0 Å². The molecule has 1 aromatic heterocycles. The first-order chi connectivity index (χ1) is 12.9. The van der Waals surface area contributed by atoms with E-state index in [9.17, 15) is 0 Å². The number of hydrogen-bond donors (Lipinski definition) is 0. The molecule has 0 bridgehead atoms. The molecule has 0 amide bonds. The second-order valence-corrected chi connectivity index (χ2v) is 15.1. The molecule has 27 heavy (non-hydrogen) atoms. The summed E-state index contributed by atoms with van der Waals surface area (Å²) >= 11 is 8.10. The highest BCUT2D eigenvalue weighted by Gasteiger charge is 2.24. The normalized spacial score (nSPS) is 12.9. The molecule has 2 heterocycles. The summed E-state index contributed by atoms with van der Waals surface area (Å²) in [4.78, 5) is 7.15.